The molecule has 140 valence electrons. The summed E-state index contributed by atoms with van der Waals surface area (Å²) < 4.78 is 10.4. The van der Waals surface area contributed by atoms with E-state index in [1.807, 2.05) is 18.2 Å². The van der Waals surface area contributed by atoms with E-state index in [-0.39, 0.29) is 24.8 Å². The molecule has 2 aromatic carbocycles. The summed E-state index contributed by atoms with van der Waals surface area (Å²) in [4.78, 5) is 27.1. The van der Waals surface area contributed by atoms with Gasteiger partial charge in [0.2, 0.25) is 0 Å². The Hall–Kier alpha value is -2.83. The summed E-state index contributed by atoms with van der Waals surface area (Å²) in [7, 11) is 3.04. The standard InChI is InChI=1S/C20H19ClN2O4/c1-26-11-10-23-19(24)17(13-6-4-3-5-7-13)18(20(23)25)22-15-12-14(21)8-9-16(15)27-2/h3-9,12,22H,10-11H2,1-2H3. The third kappa shape index (κ3) is 3.82. The van der Waals surface area contributed by atoms with Gasteiger partial charge in [-0.25, -0.2) is 0 Å². The first-order valence-corrected chi connectivity index (χ1v) is 8.70. The minimum Gasteiger partial charge on any atom is -0.495 e. The molecule has 2 aromatic rings. The number of halogens is 1. The Labute approximate surface area is 162 Å². The average Bonchev–Trinajstić information content (AvgIpc) is 2.91. The van der Waals surface area contributed by atoms with Crippen LogP contribution >= 0.6 is 11.6 Å². The van der Waals surface area contributed by atoms with E-state index in [0.29, 0.717) is 27.6 Å². The molecule has 0 aliphatic carbocycles. The minimum absolute atomic E-state index is 0.169. The van der Waals surface area contributed by atoms with Gasteiger partial charge < -0.3 is 14.8 Å². The summed E-state index contributed by atoms with van der Waals surface area (Å²) in [6.07, 6.45) is 0. The Morgan fingerprint density at radius 3 is 2.44 bits per heavy atom. The van der Waals surface area contributed by atoms with Crippen LogP contribution in [0.1, 0.15) is 5.56 Å². The monoisotopic (exact) mass is 386 g/mol. The van der Waals surface area contributed by atoms with Crippen LogP contribution in [-0.4, -0.2) is 44.1 Å². The summed E-state index contributed by atoms with van der Waals surface area (Å²) >= 11 is 6.08. The molecule has 1 aliphatic rings. The highest BCUT2D eigenvalue weighted by atomic mass is 35.5. The first-order valence-electron chi connectivity index (χ1n) is 8.32. The Balaban J connectivity index is 2.07. The number of rotatable bonds is 7. The van der Waals surface area contributed by atoms with Crippen molar-refractivity contribution in [2.75, 3.05) is 32.7 Å². The number of carbonyl (C=O) groups is 2. The molecule has 0 spiro atoms. The van der Waals surface area contributed by atoms with E-state index in [0.717, 1.165) is 0 Å². The van der Waals surface area contributed by atoms with E-state index in [9.17, 15) is 9.59 Å². The lowest BCUT2D eigenvalue weighted by Crippen LogP contribution is -2.35. The number of benzene rings is 2. The minimum atomic E-state index is -0.419. The molecule has 0 fully saturated rings. The fourth-order valence-corrected chi connectivity index (χ4v) is 3.03. The Kier molecular flexibility index (Phi) is 5.78. The number of amides is 2. The average molecular weight is 387 g/mol. The van der Waals surface area contributed by atoms with Crippen LogP contribution in [0.3, 0.4) is 0 Å². The van der Waals surface area contributed by atoms with Gasteiger partial charge >= 0.3 is 0 Å². The number of nitrogens with zero attached hydrogens (tertiary/aromatic N) is 1. The van der Waals surface area contributed by atoms with Crippen molar-refractivity contribution >= 4 is 34.7 Å². The summed E-state index contributed by atoms with van der Waals surface area (Å²) in [5.74, 6) is -0.278. The quantitative estimate of drug-likeness (QED) is 0.740. The molecule has 0 saturated heterocycles. The molecule has 1 heterocycles. The van der Waals surface area contributed by atoms with Gasteiger partial charge in [-0.2, -0.15) is 0 Å². The molecule has 0 unspecified atom stereocenters. The fraction of sp³-hybridized carbons (Fsp3) is 0.200. The molecule has 1 aliphatic heterocycles. The number of methoxy groups -OCH3 is 2. The predicted molar refractivity (Wildman–Crippen MR) is 104 cm³/mol. The van der Waals surface area contributed by atoms with E-state index >= 15 is 0 Å². The molecule has 0 aromatic heterocycles. The topological polar surface area (TPSA) is 67.9 Å². The van der Waals surface area contributed by atoms with Crippen LogP contribution in [-0.2, 0) is 14.3 Å². The molecule has 1 N–H and O–H groups in total. The first-order chi connectivity index (χ1) is 13.1. The number of hydrogen-bond donors (Lipinski definition) is 1. The molecule has 7 heteroatoms. The number of ether oxygens (including phenoxy) is 2. The zero-order chi connectivity index (χ0) is 19.4. The number of anilines is 1. The summed E-state index contributed by atoms with van der Waals surface area (Å²) in [5.41, 5.74) is 1.64. The van der Waals surface area contributed by atoms with Crippen LogP contribution in [0.4, 0.5) is 5.69 Å². The van der Waals surface area contributed by atoms with E-state index in [1.165, 1.54) is 19.1 Å². The Morgan fingerprint density at radius 1 is 1.04 bits per heavy atom. The highest BCUT2D eigenvalue weighted by molar-refractivity contribution is 6.36. The van der Waals surface area contributed by atoms with Crippen molar-refractivity contribution < 1.29 is 19.1 Å². The summed E-state index contributed by atoms with van der Waals surface area (Å²) in [5, 5.41) is 3.53. The second-order valence-electron chi connectivity index (χ2n) is 5.84. The van der Waals surface area contributed by atoms with Gasteiger partial charge in [0.05, 0.1) is 31.5 Å². The highest BCUT2D eigenvalue weighted by Crippen LogP contribution is 2.34. The maximum Gasteiger partial charge on any atom is 0.278 e. The van der Waals surface area contributed by atoms with Crippen LogP contribution in [0.2, 0.25) is 5.02 Å². The Morgan fingerprint density at radius 2 is 1.78 bits per heavy atom. The third-order valence-electron chi connectivity index (χ3n) is 4.17. The number of nitrogens with one attached hydrogen (secondary N) is 1. The highest BCUT2D eigenvalue weighted by Gasteiger charge is 2.39. The second-order valence-corrected chi connectivity index (χ2v) is 6.28. The van der Waals surface area contributed by atoms with Gasteiger partial charge in [0.25, 0.3) is 11.8 Å². The summed E-state index contributed by atoms with van der Waals surface area (Å²) in [6.45, 7) is 0.426. The fourth-order valence-electron chi connectivity index (χ4n) is 2.86. The molecule has 0 bridgehead atoms. The number of carbonyl (C=O) groups excluding carboxylic acids is 2. The van der Waals surface area contributed by atoms with E-state index in [1.54, 1.807) is 30.3 Å². The lowest BCUT2D eigenvalue weighted by Gasteiger charge is -2.15. The largest absolute Gasteiger partial charge is 0.495 e. The smallest absolute Gasteiger partial charge is 0.278 e. The zero-order valence-electron chi connectivity index (χ0n) is 15.0. The van der Waals surface area contributed by atoms with Crippen LogP contribution in [0, 0.1) is 0 Å². The van der Waals surface area contributed by atoms with Gasteiger partial charge in [0.1, 0.15) is 11.4 Å². The number of hydrogen-bond acceptors (Lipinski definition) is 5. The molecule has 0 atom stereocenters. The van der Waals surface area contributed by atoms with Gasteiger partial charge in [0.15, 0.2) is 0 Å². The lowest BCUT2D eigenvalue weighted by molar-refractivity contribution is -0.137. The van der Waals surface area contributed by atoms with Crippen molar-refractivity contribution in [2.24, 2.45) is 0 Å². The van der Waals surface area contributed by atoms with Crippen LogP contribution in [0.25, 0.3) is 5.57 Å². The Bertz CT molecular complexity index is 896. The van der Waals surface area contributed by atoms with Crippen molar-refractivity contribution in [3.05, 3.63) is 64.8 Å². The normalized spacial score (nSPS) is 14.1. The van der Waals surface area contributed by atoms with Crippen LogP contribution in [0.15, 0.2) is 54.2 Å². The van der Waals surface area contributed by atoms with Gasteiger partial charge in [-0.3, -0.25) is 14.5 Å². The second kappa shape index (κ2) is 8.24. The van der Waals surface area contributed by atoms with Crippen molar-refractivity contribution in [2.45, 2.75) is 0 Å². The zero-order valence-corrected chi connectivity index (χ0v) is 15.7. The van der Waals surface area contributed by atoms with Crippen molar-refractivity contribution in [3.63, 3.8) is 0 Å². The predicted octanol–water partition coefficient (Wildman–Crippen LogP) is 3.19. The van der Waals surface area contributed by atoms with Gasteiger partial charge in [-0.05, 0) is 23.8 Å². The lowest BCUT2D eigenvalue weighted by atomic mass is 10.0. The van der Waals surface area contributed by atoms with Crippen molar-refractivity contribution in [3.8, 4) is 5.75 Å². The van der Waals surface area contributed by atoms with E-state index in [4.69, 9.17) is 21.1 Å². The maximum atomic E-state index is 12.9. The third-order valence-corrected chi connectivity index (χ3v) is 4.41. The molecule has 0 radical (unpaired) electrons. The first kappa shape index (κ1) is 18.9. The molecular weight excluding hydrogens is 368 g/mol. The maximum absolute atomic E-state index is 12.9. The molecule has 2 amide bonds. The molecule has 3 rings (SSSR count). The van der Waals surface area contributed by atoms with E-state index < -0.39 is 5.91 Å². The van der Waals surface area contributed by atoms with E-state index in [2.05, 4.69) is 5.32 Å². The van der Waals surface area contributed by atoms with Crippen LogP contribution in [0.5, 0.6) is 5.75 Å². The molecule has 27 heavy (non-hydrogen) atoms. The van der Waals surface area contributed by atoms with Crippen LogP contribution < -0.4 is 10.1 Å². The summed E-state index contributed by atoms with van der Waals surface area (Å²) in [6, 6.07) is 14.1. The SMILES string of the molecule is COCCN1C(=O)C(Nc2cc(Cl)ccc2OC)=C(c2ccccc2)C1=O. The van der Waals surface area contributed by atoms with Crippen molar-refractivity contribution in [1.29, 1.82) is 0 Å². The number of imide groups is 1. The van der Waals surface area contributed by atoms with Crippen molar-refractivity contribution in [1.82, 2.24) is 4.90 Å². The molecular formula is C20H19ClN2O4. The van der Waals surface area contributed by atoms with Gasteiger partial charge in [-0.1, -0.05) is 41.9 Å². The molecule has 6 nitrogen and oxygen atoms in total. The van der Waals surface area contributed by atoms with Gasteiger partial charge in [0, 0.05) is 12.1 Å². The van der Waals surface area contributed by atoms with Gasteiger partial charge in [-0.15, -0.1) is 0 Å². The molecule has 0 saturated carbocycles.